The molecule has 0 radical (unpaired) electrons. The monoisotopic (exact) mass is 378 g/mol. The molecule has 3 fully saturated rings. The number of likely N-dealkylation sites (tertiary alicyclic amines) is 1. The maximum atomic E-state index is 12.7. The Kier molecular flexibility index (Phi) is 6.50. The lowest BCUT2D eigenvalue weighted by Gasteiger charge is -2.23. The summed E-state index contributed by atoms with van der Waals surface area (Å²) in [6.45, 7) is 3.22. The Hall–Kier alpha value is -1.92. The van der Waals surface area contributed by atoms with Gasteiger partial charge in [0.15, 0.2) is 0 Å². The van der Waals surface area contributed by atoms with Crippen molar-refractivity contribution in [3.8, 4) is 0 Å². The van der Waals surface area contributed by atoms with Crippen LogP contribution in [-0.4, -0.2) is 59.7 Å². The maximum absolute atomic E-state index is 12.7. The summed E-state index contributed by atoms with van der Waals surface area (Å²) in [6, 6.07) is 0. The van der Waals surface area contributed by atoms with Crippen LogP contribution in [0.5, 0.6) is 0 Å². The number of fused-ring (bicyclic) bond motifs is 1. The largest absolute Gasteiger partial charge is 0.466 e. The fraction of sp³-hybridized carbons (Fsp3) is 0.800. The predicted octanol–water partition coefficient (Wildman–Crippen LogP) is 1.74. The van der Waals surface area contributed by atoms with Crippen LogP contribution < -0.4 is 0 Å². The van der Waals surface area contributed by atoms with Crippen molar-refractivity contribution in [1.82, 2.24) is 9.80 Å². The third kappa shape index (κ3) is 4.87. The molecule has 3 amide bonds. The number of rotatable bonds is 9. The first kappa shape index (κ1) is 19.8. The first-order chi connectivity index (χ1) is 13.0. The molecule has 0 spiro atoms. The summed E-state index contributed by atoms with van der Waals surface area (Å²) in [5.74, 6) is -0.438. The molecular formula is C20H30N2O5. The van der Waals surface area contributed by atoms with Gasteiger partial charge in [0.05, 0.1) is 24.9 Å². The van der Waals surface area contributed by atoms with Gasteiger partial charge in [-0.1, -0.05) is 12.8 Å². The van der Waals surface area contributed by atoms with E-state index in [1.807, 2.05) is 0 Å². The summed E-state index contributed by atoms with van der Waals surface area (Å²) in [7, 11) is 0. The normalized spacial score (nSPS) is 24.7. The SMILES string of the molecule is CCOC(=O)CCN(CC1CC1)C(=O)CCN1C(=O)C2CCCCC2C1=O. The molecule has 1 heterocycles. The molecule has 0 aromatic carbocycles. The molecule has 3 rings (SSSR count). The van der Waals surface area contributed by atoms with Crippen molar-refractivity contribution in [3.63, 3.8) is 0 Å². The molecule has 2 atom stereocenters. The summed E-state index contributed by atoms with van der Waals surface area (Å²) in [6.07, 6.45) is 6.09. The van der Waals surface area contributed by atoms with Crippen molar-refractivity contribution in [2.75, 3.05) is 26.2 Å². The minimum absolute atomic E-state index is 0.0957. The summed E-state index contributed by atoms with van der Waals surface area (Å²) >= 11 is 0. The first-order valence-corrected chi connectivity index (χ1v) is 10.3. The van der Waals surface area contributed by atoms with E-state index in [0.29, 0.717) is 25.6 Å². The second-order valence-electron chi connectivity index (χ2n) is 7.91. The molecule has 0 aromatic heterocycles. The molecule has 2 saturated carbocycles. The van der Waals surface area contributed by atoms with Gasteiger partial charge in [0.2, 0.25) is 17.7 Å². The Morgan fingerprint density at radius 1 is 1.04 bits per heavy atom. The highest BCUT2D eigenvalue weighted by molar-refractivity contribution is 6.05. The molecule has 150 valence electrons. The zero-order valence-corrected chi connectivity index (χ0v) is 16.2. The minimum atomic E-state index is -0.305. The molecule has 2 aliphatic carbocycles. The smallest absolute Gasteiger partial charge is 0.307 e. The lowest BCUT2D eigenvalue weighted by Crippen LogP contribution is -2.39. The highest BCUT2D eigenvalue weighted by atomic mass is 16.5. The zero-order valence-electron chi connectivity index (χ0n) is 16.2. The molecule has 7 heteroatoms. The van der Waals surface area contributed by atoms with Gasteiger partial charge in [-0.2, -0.15) is 0 Å². The van der Waals surface area contributed by atoms with Gasteiger partial charge in [-0.05, 0) is 38.5 Å². The standard InChI is InChI=1S/C20H30N2O5/c1-2-27-18(24)10-11-21(13-14-7-8-14)17(23)9-12-22-19(25)15-5-3-4-6-16(15)20(22)26/h14-16H,2-13H2,1H3. The van der Waals surface area contributed by atoms with E-state index in [1.54, 1.807) is 11.8 Å². The highest BCUT2D eigenvalue weighted by Crippen LogP contribution is 2.38. The fourth-order valence-corrected chi connectivity index (χ4v) is 4.21. The lowest BCUT2D eigenvalue weighted by atomic mass is 9.81. The summed E-state index contributed by atoms with van der Waals surface area (Å²) in [4.78, 5) is 52.4. The third-order valence-corrected chi connectivity index (χ3v) is 5.90. The molecule has 2 unspecified atom stereocenters. The van der Waals surface area contributed by atoms with Crippen molar-refractivity contribution in [1.29, 1.82) is 0 Å². The van der Waals surface area contributed by atoms with E-state index < -0.39 is 0 Å². The third-order valence-electron chi connectivity index (χ3n) is 5.90. The van der Waals surface area contributed by atoms with Gasteiger partial charge < -0.3 is 9.64 Å². The van der Waals surface area contributed by atoms with E-state index in [1.165, 1.54) is 4.90 Å². The van der Waals surface area contributed by atoms with Crippen LogP contribution in [0, 0.1) is 17.8 Å². The van der Waals surface area contributed by atoms with Gasteiger partial charge >= 0.3 is 5.97 Å². The van der Waals surface area contributed by atoms with Crippen LogP contribution in [0.25, 0.3) is 0 Å². The summed E-state index contributed by atoms with van der Waals surface area (Å²) in [5.41, 5.74) is 0. The number of amides is 3. The molecule has 1 saturated heterocycles. The predicted molar refractivity (Wildman–Crippen MR) is 97.3 cm³/mol. The Labute approximate surface area is 160 Å². The molecular weight excluding hydrogens is 348 g/mol. The van der Waals surface area contributed by atoms with Gasteiger partial charge in [-0.25, -0.2) is 0 Å². The van der Waals surface area contributed by atoms with Crippen molar-refractivity contribution in [3.05, 3.63) is 0 Å². The Morgan fingerprint density at radius 3 is 2.22 bits per heavy atom. The zero-order chi connectivity index (χ0) is 19.4. The first-order valence-electron chi connectivity index (χ1n) is 10.3. The second kappa shape index (κ2) is 8.85. The van der Waals surface area contributed by atoms with E-state index >= 15 is 0 Å². The van der Waals surface area contributed by atoms with E-state index in [0.717, 1.165) is 38.5 Å². The number of hydrogen-bond donors (Lipinski definition) is 0. The van der Waals surface area contributed by atoms with Crippen molar-refractivity contribution >= 4 is 23.7 Å². The molecule has 7 nitrogen and oxygen atoms in total. The molecule has 0 aromatic rings. The number of esters is 1. The van der Waals surface area contributed by atoms with Gasteiger partial charge in [0.25, 0.3) is 0 Å². The van der Waals surface area contributed by atoms with Gasteiger partial charge in [0, 0.05) is 26.1 Å². The van der Waals surface area contributed by atoms with Crippen LogP contribution in [0.1, 0.15) is 58.3 Å². The summed E-state index contributed by atoms with van der Waals surface area (Å²) < 4.78 is 4.94. The Balaban J connectivity index is 1.52. The fourth-order valence-electron chi connectivity index (χ4n) is 4.21. The number of hydrogen-bond acceptors (Lipinski definition) is 5. The molecule has 27 heavy (non-hydrogen) atoms. The molecule has 3 aliphatic rings. The number of carbonyl (C=O) groups excluding carboxylic acids is 4. The average Bonchev–Trinajstić information content (AvgIpc) is 3.45. The number of nitrogens with zero attached hydrogens (tertiary/aromatic N) is 2. The average molecular weight is 378 g/mol. The Morgan fingerprint density at radius 2 is 1.67 bits per heavy atom. The van der Waals surface area contributed by atoms with Gasteiger partial charge in [-0.3, -0.25) is 24.1 Å². The second-order valence-corrected chi connectivity index (χ2v) is 7.91. The Bertz CT molecular complexity index is 577. The van der Waals surface area contributed by atoms with Crippen LogP contribution in [0.15, 0.2) is 0 Å². The quantitative estimate of drug-likeness (QED) is 0.451. The molecule has 0 N–H and O–H groups in total. The minimum Gasteiger partial charge on any atom is -0.466 e. The topological polar surface area (TPSA) is 84.0 Å². The van der Waals surface area contributed by atoms with Crippen LogP contribution in [0.4, 0.5) is 0 Å². The lowest BCUT2D eigenvalue weighted by molar-refractivity contribution is -0.144. The van der Waals surface area contributed by atoms with Crippen molar-refractivity contribution < 1.29 is 23.9 Å². The van der Waals surface area contributed by atoms with Gasteiger partial charge in [-0.15, -0.1) is 0 Å². The van der Waals surface area contributed by atoms with Crippen molar-refractivity contribution in [2.45, 2.75) is 58.3 Å². The number of ether oxygens (including phenoxy) is 1. The van der Waals surface area contributed by atoms with Crippen molar-refractivity contribution in [2.24, 2.45) is 17.8 Å². The highest BCUT2D eigenvalue weighted by Gasteiger charge is 2.47. The van der Waals surface area contributed by atoms with Crippen LogP contribution in [-0.2, 0) is 23.9 Å². The van der Waals surface area contributed by atoms with E-state index in [2.05, 4.69) is 0 Å². The van der Waals surface area contributed by atoms with Crippen LogP contribution in [0.2, 0.25) is 0 Å². The number of imide groups is 1. The van der Waals surface area contributed by atoms with Crippen LogP contribution >= 0.6 is 0 Å². The van der Waals surface area contributed by atoms with E-state index in [-0.39, 0.29) is 54.9 Å². The molecule has 1 aliphatic heterocycles. The number of carbonyl (C=O) groups is 4. The molecule has 0 bridgehead atoms. The summed E-state index contributed by atoms with van der Waals surface area (Å²) in [5, 5.41) is 0. The maximum Gasteiger partial charge on any atom is 0.307 e. The van der Waals surface area contributed by atoms with Gasteiger partial charge in [0.1, 0.15) is 0 Å². The van der Waals surface area contributed by atoms with Crippen LogP contribution in [0.3, 0.4) is 0 Å². The van der Waals surface area contributed by atoms with E-state index in [9.17, 15) is 19.2 Å². The van der Waals surface area contributed by atoms with E-state index in [4.69, 9.17) is 4.74 Å².